The molecule has 3 heterocycles. The first-order chi connectivity index (χ1) is 10.7. The van der Waals surface area contributed by atoms with Crippen molar-refractivity contribution in [2.75, 3.05) is 5.32 Å². The maximum absolute atomic E-state index is 11.6. The molecule has 22 heavy (non-hydrogen) atoms. The minimum Gasteiger partial charge on any atom is -0.353 e. The average Bonchev–Trinajstić information content (AvgIpc) is 3.10. The van der Waals surface area contributed by atoms with Gasteiger partial charge in [0, 0.05) is 12.3 Å². The minimum absolute atomic E-state index is 0.186. The van der Waals surface area contributed by atoms with Gasteiger partial charge in [-0.15, -0.1) is 5.10 Å². The van der Waals surface area contributed by atoms with E-state index < -0.39 is 0 Å². The van der Waals surface area contributed by atoms with Crippen LogP contribution >= 0.6 is 11.3 Å². The first-order valence-corrected chi connectivity index (χ1v) is 7.55. The Bertz CT molecular complexity index is 1030. The van der Waals surface area contributed by atoms with Crippen LogP contribution in [0.15, 0.2) is 35.3 Å². The summed E-state index contributed by atoms with van der Waals surface area (Å²) >= 11 is 1.33. The van der Waals surface area contributed by atoms with E-state index in [4.69, 9.17) is 0 Å². The normalized spacial score (nSPS) is 11.3. The van der Waals surface area contributed by atoms with E-state index in [9.17, 15) is 4.79 Å². The zero-order chi connectivity index (χ0) is 15.1. The van der Waals surface area contributed by atoms with E-state index in [2.05, 4.69) is 25.4 Å². The molecule has 0 aliphatic heterocycles. The molecule has 0 spiro atoms. The van der Waals surface area contributed by atoms with Crippen molar-refractivity contribution in [2.24, 2.45) is 0 Å². The second-order valence-electron chi connectivity index (χ2n) is 4.89. The maximum atomic E-state index is 11.6. The Morgan fingerprint density at radius 3 is 3.09 bits per heavy atom. The van der Waals surface area contributed by atoms with Crippen LogP contribution in [0.5, 0.6) is 0 Å². The highest BCUT2D eigenvalue weighted by Crippen LogP contribution is 2.18. The van der Waals surface area contributed by atoms with Gasteiger partial charge in [-0.1, -0.05) is 23.5 Å². The van der Waals surface area contributed by atoms with Crippen molar-refractivity contribution in [1.82, 2.24) is 24.6 Å². The molecule has 0 aliphatic rings. The molecule has 110 valence electrons. The predicted octanol–water partition coefficient (Wildman–Crippen LogP) is 1.95. The summed E-state index contributed by atoms with van der Waals surface area (Å²) in [6.45, 7) is 2.54. The summed E-state index contributed by atoms with van der Waals surface area (Å²) in [6.07, 6.45) is 1.49. The van der Waals surface area contributed by atoms with E-state index in [1.54, 1.807) is 0 Å². The van der Waals surface area contributed by atoms with Crippen molar-refractivity contribution in [3.8, 4) is 0 Å². The Morgan fingerprint density at radius 1 is 1.36 bits per heavy atom. The number of aromatic amines is 1. The average molecular weight is 312 g/mol. The molecular formula is C14H12N6OS. The zero-order valence-electron chi connectivity index (χ0n) is 11.7. The van der Waals surface area contributed by atoms with Gasteiger partial charge in [0.15, 0.2) is 0 Å². The van der Waals surface area contributed by atoms with Crippen LogP contribution < -0.4 is 10.9 Å². The van der Waals surface area contributed by atoms with Crippen molar-refractivity contribution in [3.63, 3.8) is 0 Å². The summed E-state index contributed by atoms with van der Waals surface area (Å²) in [5, 5.41) is 8.01. The summed E-state index contributed by atoms with van der Waals surface area (Å²) in [5.41, 5.74) is 2.94. The molecule has 0 aliphatic carbocycles. The molecule has 0 saturated carbocycles. The fourth-order valence-corrected chi connectivity index (χ4v) is 3.06. The third kappa shape index (κ3) is 2.13. The van der Waals surface area contributed by atoms with Crippen LogP contribution in [0, 0.1) is 6.92 Å². The van der Waals surface area contributed by atoms with Gasteiger partial charge >= 0.3 is 0 Å². The number of hydrogen-bond acceptors (Lipinski definition) is 6. The van der Waals surface area contributed by atoms with Gasteiger partial charge in [-0.05, 0) is 18.6 Å². The van der Waals surface area contributed by atoms with Gasteiger partial charge in [0.2, 0.25) is 10.1 Å². The molecule has 3 aromatic heterocycles. The van der Waals surface area contributed by atoms with Gasteiger partial charge in [-0.2, -0.15) is 4.52 Å². The second kappa shape index (κ2) is 4.92. The van der Waals surface area contributed by atoms with Crippen molar-refractivity contribution in [2.45, 2.75) is 13.5 Å². The van der Waals surface area contributed by atoms with E-state index in [0.717, 1.165) is 22.4 Å². The predicted molar refractivity (Wildman–Crippen MR) is 85.3 cm³/mol. The van der Waals surface area contributed by atoms with Crippen LogP contribution in [-0.4, -0.2) is 24.6 Å². The number of H-pyrrole nitrogens is 1. The van der Waals surface area contributed by atoms with E-state index in [1.165, 1.54) is 28.1 Å². The van der Waals surface area contributed by atoms with Gasteiger partial charge in [0.1, 0.15) is 5.82 Å². The molecule has 0 atom stereocenters. The second-order valence-corrected chi connectivity index (χ2v) is 5.85. The molecule has 4 aromatic rings. The third-order valence-electron chi connectivity index (χ3n) is 3.34. The van der Waals surface area contributed by atoms with Crippen molar-refractivity contribution >= 4 is 32.5 Å². The Labute approximate surface area is 128 Å². The fourth-order valence-electron chi connectivity index (χ4n) is 2.28. The van der Waals surface area contributed by atoms with Crippen LogP contribution in [-0.2, 0) is 6.54 Å². The first-order valence-electron chi connectivity index (χ1n) is 6.74. The van der Waals surface area contributed by atoms with Crippen molar-refractivity contribution in [1.29, 1.82) is 0 Å². The number of aryl methyl sites for hydroxylation is 1. The first kappa shape index (κ1) is 13.0. The lowest BCUT2D eigenvalue weighted by Gasteiger charge is -1.97. The smallest absolute Gasteiger partial charge is 0.275 e. The lowest BCUT2D eigenvalue weighted by Crippen LogP contribution is -2.12. The number of benzene rings is 1. The summed E-state index contributed by atoms with van der Waals surface area (Å²) in [4.78, 5) is 24.2. The Morgan fingerprint density at radius 2 is 2.27 bits per heavy atom. The molecule has 0 bridgehead atoms. The SMILES string of the molecule is Cc1cccc2[nH]c(CNc3nn4c(=O)ccnc4s3)nc12. The number of nitrogens with one attached hydrogen (secondary N) is 2. The fraction of sp³-hybridized carbons (Fsp3) is 0.143. The van der Waals surface area contributed by atoms with Crippen LogP contribution in [0.4, 0.5) is 5.13 Å². The zero-order valence-corrected chi connectivity index (χ0v) is 12.5. The molecule has 0 unspecified atom stereocenters. The Balaban J connectivity index is 1.61. The Kier molecular flexibility index (Phi) is 2.90. The molecule has 7 nitrogen and oxygen atoms in total. The number of anilines is 1. The highest BCUT2D eigenvalue weighted by atomic mass is 32.1. The summed E-state index contributed by atoms with van der Waals surface area (Å²) in [7, 11) is 0. The number of aromatic nitrogens is 5. The van der Waals surface area contributed by atoms with Gasteiger partial charge < -0.3 is 10.3 Å². The molecule has 2 N–H and O–H groups in total. The summed E-state index contributed by atoms with van der Waals surface area (Å²) in [5.74, 6) is 0.823. The van der Waals surface area contributed by atoms with E-state index >= 15 is 0 Å². The van der Waals surface area contributed by atoms with Gasteiger partial charge in [0.25, 0.3) is 5.56 Å². The minimum atomic E-state index is -0.186. The highest BCUT2D eigenvalue weighted by Gasteiger charge is 2.08. The molecule has 0 radical (unpaired) electrons. The maximum Gasteiger partial charge on any atom is 0.275 e. The number of nitrogens with zero attached hydrogens (tertiary/aromatic N) is 4. The van der Waals surface area contributed by atoms with Crippen LogP contribution in [0.25, 0.3) is 16.0 Å². The van der Waals surface area contributed by atoms with Crippen molar-refractivity contribution in [3.05, 3.63) is 52.2 Å². The molecule has 0 fully saturated rings. The van der Waals surface area contributed by atoms with Crippen LogP contribution in [0.3, 0.4) is 0 Å². The lowest BCUT2D eigenvalue weighted by atomic mass is 10.2. The van der Waals surface area contributed by atoms with Crippen LogP contribution in [0.1, 0.15) is 11.4 Å². The number of rotatable bonds is 3. The number of hydrogen-bond donors (Lipinski definition) is 2. The van der Waals surface area contributed by atoms with Crippen molar-refractivity contribution < 1.29 is 0 Å². The summed E-state index contributed by atoms with van der Waals surface area (Å²) in [6, 6.07) is 7.42. The van der Waals surface area contributed by atoms with Gasteiger partial charge in [-0.25, -0.2) is 9.97 Å². The molecule has 1 aromatic carbocycles. The van der Waals surface area contributed by atoms with E-state index in [-0.39, 0.29) is 5.56 Å². The Hall–Kier alpha value is -2.74. The number of para-hydroxylation sites is 1. The monoisotopic (exact) mass is 312 g/mol. The molecular weight excluding hydrogens is 300 g/mol. The quantitative estimate of drug-likeness (QED) is 0.603. The van der Waals surface area contributed by atoms with E-state index in [1.807, 2.05) is 25.1 Å². The summed E-state index contributed by atoms with van der Waals surface area (Å²) < 4.78 is 1.29. The third-order valence-corrected chi connectivity index (χ3v) is 4.22. The highest BCUT2D eigenvalue weighted by molar-refractivity contribution is 7.20. The van der Waals surface area contributed by atoms with E-state index in [0.29, 0.717) is 16.6 Å². The molecule has 0 amide bonds. The van der Waals surface area contributed by atoms with Crippen LogP contribution in [0.2, 0.25) is 0 Å². The number of fused-ring (bicyclic) bond motifs is 2. The number of imidazole rings is 1. The van der Waals surface area contributed by atoms with Gasteiger partial charge in [-0.3, -0.25) is 4.79 Å². The topological polar surface area (TPSA) is 88.0 Å². The molecule has 8 heteroatoms. The largest absolute Gasteiger partial charge is 0.353 e. The van der Waals surface area contributed by atoms with Gasteiger partial charge in [0.05, 0.1) is 17.6 Å². The molecule has 0 saturated heterocycles. The molecule has 4 rings (SSSR count). The lowest BCUT2D eigenvalue weighted by molar-refractivity contribution is 0.890. The standard InChI is InChI=1S/C14H12N6OS/c1-8-3-2-4-9-12(8)18-10(17-9)7-16-13-19-20-11(21)5-6-15-14(20)22-13/h2-6H,7H2,1H3,(H,16,19)(H,17,18).